The number of ether oxygens (including phenoxy) is 1. The molecule has 0 radical (unpaired) electrons. The second-order valence-corrected chi connectivity index (χ2v) is 7.24. The van der Waals surface area contributed by atoms with Crippen LogP contribution in [0.15, 0.2) is 78.4 Å². The van der Waals surface area contributed by atoms with Gasteiger partial charge in [-0.25, -0.2) is 0 Å². The van der Waals surface area contributed by atoms with Gasteiger partial charge in [0.2, 0.25) is 0 Å². The number of aliphatic hydroxyl groups is 1. The van der Waals surface area contributed by atoms with Gasteiger partial charge in [0.25, 0.3) is 17.4 Å². The van der Waals surface area contributed by atoms with Crippen LogP contribution in [-0.2, 0) is 9.59 Å². The summed E-state index contributed by atoms with van der Waals surface area (Å²) in [5.41, 5.74) is 0.332. The molecule has 1 aliphatic rings. The predicted octanol–water partition coefficient (Wildman–Crippen LogP) is 3.94. The van der Waals surface area contributed by atoms with Crippen LogP contribution in [0.2, 0.25) is 0 Å². The normalized spacial score (nSPS) is 17.2. The molecule has 33 heavy (non-hydrogen) atoms. The summed E-state index contributed by atoms with van der Waals surface area (Å²) < 4.78 is 5.16. The van der Waals surface area contributed by atoms with E-state index in [-0.39, 0.29) is 34.2 Å². The number of aromatic hydroxyl groups is 1. The molecule has 1 saturated heterocycles. The zero-order valence-electron chi connectivity index (χ0n) is 17.3. The highest BCUT2D eigenvalue weighted by Crippen LogP contribution is 2.44. The number of nitrogens with zero attached hydrogens (tertiary/aromatic N) is 2. The Hall–Kier alpha value is -4.66. The van der Waals surface area contributed by atoms with E-state index in [0.29, 0.717) is 11.1 Å². The lowest BCUT2D eigenvalue weighted by atomic mass is 9.94. The molecule has 3 aromatic rings. The summed E-state index contributed by atoms with van der Waals surface area (Å²) >= 11 is 0. The van der Waals surface area contributed by atoms with E-state index in [2.05, 4.69) is 0 Å². The summed E-state index contributed by atoms with van der Waals surface area (Å²) in [4.78, 5) is 38.0. The van der Waals surface area contributed by atoms with Gasteiger partial charge in [-0.2, -0.15) is 0 Å². The van der Waals surface area contributed by atoms with Crippen LogP contribution in [0, 0.1) is 10.1 Å². The molecule has 1 aliphatic heterocycles. The second-order valence-electron chi connectivity index (χ2n) is 7.24. The van der Waals surface area contributed by atoms with Crippen molar-refractivity contribution >= 4 is 28.8 Å². The minimum Gasteiger partial charge on any atom is -0.507 e. The maximum absolute atomic E-state index is 13.1. The van der Waals surface area contributed by atoms with E-state index in [4.69, 9.17) is 4.74 Å². The number of non-ortho nitro benzene ring substituents is 1. The number of ketones is 1. The van der Waals surface area contributed by atoms with Crippen LogP contribution in [-0.4, -0.2) is 33.9 Å². The van der Waals surface area contributed by atoms with Gasteiger partial charge < -0.3 is 14.9 Å². The Labute approximate surface area is 187 Å². The lowest BCUT2D eigenvalue weighted by molar-refractivity contribution is -0.384. The first-order valence-electron chi connectivity index (χ1n) is 9.81. The molecule has 1 atom stereocenters. The zero-order chi connectivity index (χ0) is 23.7. The molecule has 0 saturated carbocycles. The fourth-order valence-corrected chi connectivity index (χ4v) is 3.79. The Morgan fingerprint density at radius 3 is 2.42 bits per heavy atom. The molecule has 1 unspecified atom stereocenters. The summed E-state index contributed by atoms with van der Waals surface area (Å²) in [5.74, 6) is -2.35. The molecule has 0 aromatic heterocycles. The van der Waals surface area contributed by atoms with Crippen molar-refractivity contribution in [1.82, 2.24) is 0 Å². The van der Waals surface area contributed by atoms with Crippen LogP contribution in [0.4, 0.5) is 11.4 Å². The van der Waals surface area contributed by atoms with Crippen LogP contribution in [0.25, 0.3) is 5.76 Å². The monoisotopic (exact) mass is 446 g/mol. The minimum absolute atomic E-state index is 0.0943. The third kappa shape index (κ3) is 3.76. The largest absolute Gasteiger partial charge is 0.507 e. The smallest absolute Gasteiger partial charge is 0.300 e. The number of benzene rings is 3. The van der Waals surface area contributed by atoms with Crippen molar-refractivity contribution < 1.29 is 29.5 Å². The Morgan fingerprint density at radius 1 is 1.03 bits per heavy atom. The lowest BCUT2D eigenvalue weighted by Gasteiger charge is -2.25. The number of hydrogen-bond acceptors (Lipinski definition) is 7. The number of amides is 1. The van der Waals surface area contributed by atoms with E-state index in [1.807, 2.05) is 0 Å². The number of phenolic OH excluding ortho intramolecular Hbond substituents is 1. The number of aliphatic hydroxyl groups excluding tert-OH is 1. The topological polar surface area (TPSA) is 130 Å². The van der Waals surface area contributed by atoms with Crippen molar-refractivity contribution in [3.63, 3.8) is 0 Å². The molecule has 0 bridgehead atoms. The lowest BCUT2D eigenvalue weighted by Crippen LogP contribution is -2.29. The number of nitro groups is 1. The maximum atomic E-state index is 13.1. The molecule has 1 heterocycles. The highest BCUT2D eigenvalue weighted by Gasteiger charge is 2.47. The summed E-state index contributed by atoms with van der Waals surface area (Å²) in [5, 5.41) is 32.3. The molecule has 0 spiro atoms. The minimum atomic E-state index is -1.12. The molecule has 1 fully saturated rings. The molecule has 166 valence electrons. The Kier molecular flexibility index (Phi) is 5.53. The van der Waals surface area contributed by atoms with Gasteiger partial charge in [-0.15, -0.1) is 0 Å². The summed E-state index contributed by atoms with van der Waals surface area (Å²) in [6, 6.07) is 16.7. The van der Waals surface area contributed by atoms with Gasteiger partial charge in [-0.1, -0.05) is 42.5 Å². The molecule has 4 rings (SSSR count). The van der Waals surface area contributed by atoms with Crippen LogP contribution in [0.5, 0.6) is 11.5 Å². The fourth-order valence-electron chi connectivity index (χ4n) is 3.79. The third-order valence-electron chi connectivity index (χ3n) is 5.33. The van der Waals surface area contributed by atoms with Crippen molar-refractivity contribution in [2.45, 2.75) is 6.04 Å². The number of anilines is 1. The van der Waals surface area contributed by atoms with Crippen LogP contribution >= 0.6 is 0 Å². The number of rotatable bonds is 5. The van der Waals surface area contributed by atoms with Gasteiger partial charge in [-0.3, -0.25) is 24.6 Å². The summed E-state index contributed by atoms with van der Waals surface area (Å²) in [7, 11) is 1.35. The average molecular weight is 446 g/mol. The number of carbonyl (C=O) groups is 2. The van der Waals surface area contributed by atoms with Crippen molar-refractivity contribution in [2.75, 3.05) is 12.0 Å². The van der Waals surface area contributed by atoms with E-state index in [1.165, 1.54) is 49.6 Å². The highest BCUT2D eigenvalue weighted by atomic mass is 16.6. The number of hydrogen-bond donors (Lipinski definition) is 2. The maximum Gasteiger partial charge on any atom is 0.300 e. The van der Waals surface area contributed by atoms with E-state index < -0.39 is 22.7 Å². The van der Waals surface area contributed by atoms with Crippen LogP contribution < -0.4 is 9.64 Å². The second kappa shape index (κ2) is 8.46. The first-order valence-corrected chi connectivity index (χ1v) is 9.81. The first-order chi connectivity index (χ1) is 15.8. The van der Waals surface area contributed by atoms with Gasteiger partial charge in [0.15, 0.2) is 11.5 Å². The Balaban J connectivity index is 1.98. The molecule has 0 aliphatic carbocycles. The quantitative estimate of drug-likeness (QED) is 0.200. The van der Waals surface area contributed by atoms with Crippen molar-refractivity contribution in [1.29, 1.82) is 0 Å². The standard InChI is InChI=1S/C24H18N2O7/c1-33-19-12-15(10-11-18(19)27)21-20(22(28)14-6-3-2-4-7-14)23(29)24(30)25(21)16-8-5-9-17(13-16)26(31)32/h2-13,21,27-28H,1H3/b22-20+. The number of methoxy groups -OCH3 is 1. The zero-order valence-corrected chi connectivity index (χ0v) is 17.3. The number of phenols is 1. The van der Waals surface area contributed by atoms with E-state index >= 15 is 0 Å². The number of Topliss-reactive ketones (excluding diaryl/α,β-unsaturated/α-hetero) is 1. The highest BCUT2D eigenvalue weighted by molar-refractivity contribution is 6.51. The third-order valence-corrected chi connectivity index (χ3v) is 5.33. The summed E-state index contributed by atoms with van der Waals surface area (Å²) in [6.45, 7) is 0. The van der Waals surface area contributed by atoms with Crippen LogP contribution in [0.1, 0.15) is 17.2 Å². The number of nitro benzene ring substituents is 1. The molecule has 2 N–H and O–H groups in total. The van der Waals surface area contributed by atoms with Gasteiger partial charge in [-0.05, 0) is 23.8 Å². The SMILES string of the molecule is COc1cc(C2/C(=C(\O)c3ccccc3)C(=O)C(=O)N2c2cccc([N+](=O)[O-])c2)ccc1O. The van der Waals surface area contributed by atoms with Crippen molar-refractivity contribution in [2.24, 2.45) is 0 Å². The van der Waals surface area contributed by atoms with E-state index in [0.717, 1.165) is 4.90 Å². The fraction of sp³-hybridized carbons (Fsp3) is 0.0833. The molecule has 9 heteroatoms. The average Bonchev–Trinajstić information content (AvgIpc) is 3.10. The Bertz CT molecular complexity index is 1300. The molecular formula is C24H18N2O7. The molecular weight excluding hydrogens is 428 g/mol. The molecule has 3 aromatic carbocycles. The molecule has 9 nitrogen and oxygen atoms in total. The van der Waals surface area contributed by atoms with Gasteiger partial charge in [0, 0.05) is 17.7 Å². The predicted molar refractivity (Wildman–Crippen MR) is 119 cm³/mol. The van der Waals surface area contributed by atoms with Crippen molar-refractivity contribution in [3.8, 4) is 11.5 Å². The Morgan fingerprint density at radius 2 is 1.76 bits per heavy atom. The summed E-state index contributed by atoms with van der Waals surface area (Å²) in [6.07, 6.45) is 0. The van der Waals surface area contributed by atoms with Gasteiger partial charge >= 0.3 is 0 Å². The van der Waals surface area contributed by atoms with E-state index in [9.17, 15) is 29.9 Å². The van der Waals surface area contributed by atoms with Gasteiger partial charge in [0.1, 0.15) is 5.76 Å². The first kappa shape index (κ1) is 21.6. The van der Waals surface area contributed by atoms with E-state index in [1.54, 1.807) is 30.3 Å². The van der Waals surface area contributed by atoms with Crippen LogP contribution in [0.3, 0.4) is 0 Å². The van der Waals surface area contributed by atoms with Gasteiger partial charge in [0.05, 0.1) is 29.3 Å². The number of carbonyl (C=O) groups excluding carboxylic acids is 2. The molecule has 1 amide bonds. The van der Waals surface area contributed by atoms with Crippen molar-refractivity contribution in [3.05, 3.63) is 99.6 Å².